The van der Waals surface area contributed by atoms with Gasteiger partial charge >= 0.3 is 0 Å². The van der Waals surface area contributed by atoms with Gasteiger partial charge in [-0.25, -0.2) is 4.39 Å². The van der Waals surface area contributed by atoms with Crippen LogP contribution in [-0.2, 0) is 6.42 Å². The number of nitrogens with zero attached hydrogens (tertiary/aromatic N) is 1. The first-order valence-corrected chi connectivity index (χ1v) is 7.38. The fourth-order valence-corrected chi connectivity index (χ4v) is 1.75. The highest BCUT2D eigenvalue weighted by Crippen LogP contribution is 2.02. The van der Waals surface area contributed by atoms with Crippen molar-refractivity contribution in [3.05, 3.63) is 35.6 Å². The first kappa shape index (κ1) is 20.1. The molecular weight excluding hydrogens is 380 g/mol. The zero-order chi connectivity index (χ0) is 14.8. The molecule has 1 aromatic rings. The summed E-state index contributed by atoms with van der Waals surface area (Å²) in [7, 11) is 0. The Morgan fingerprint density at radius 1 is 1.19 bits per heavy atom. The van der Waals surface area contributed by atoms with Crippen LogP contribution in [0.1, 0.15) is 32.8 Å². The molecule has 0 aromatic heterocycles. The average Bonchev–Trinajstić information content (AvgIpc) is 2.40. The fraction of sp³-hybridized carbons (Fsp3) is 0.562. The van der Waals surface area contributed by atoms with E-state index in [-0.39, 0.29) is 29.8 Å². The summed E-state index contributed by atoms with van der Waals surface area (Å²) in [6.45, 7) is 8.93. The van der Waals surface area contributed by atoms with E-state index in [4.69, 9.17) is 0 Å². The van der Waals surface area contributed by atoms with Gasteiger partial charge in [0.1, 0.15) is 5.82 Å². The van der Waals surface area contributed by atoms with Gasteiger partial charge in [0.2, 0.25) is 0 Å². The van der Waals surface area contributed by atoms with E-state index >= 15 is 0 Å². The molecule has 120 valence electrons. The largest absolute Gasteiger partial charge is 0.357 e. The molecule has 21 heavy (non-hydrogen) atoms. The number of nitrogens with one attached hydrogen (secondary N) is 2. The summed E-state index contributed by atoms with van der Waals surface area (Å²) in [5, 5.41) is 6.53. The van der Waals surface area contributed by atoms with Gasteiger partial charge < -0.3 is 10.6 Å². The maximum absolute atomic E-state index is 12.8. The van der Waals surface area contributed by atoms with E-state index in [2.05, 4.69) is 36.4 Å². The second-order valence-corrected chi connectivity index (χ2v) is 5.25. The summed E-state index contributed by atoms with van der Waals surface area (Å²) in [6.07, 6.45) is 1.95. The number of benzene rings is 1. The Labute approximate surface area is 144 Å². The van der Waals surface area contributed by atoms with Crippen LogP contribution < -0.4 is 10.6 Å². The first-order valence-electron chi connectivity index (χ1n) is 7.38. The summed E-state index contributed by atoms with van der Waals surface area (Å²) in [6, 6.07) is 6.63. The molecule has 5 heteroatoms. The molecule has 1 aromatic carbocycles. The summed E-state index contributed by atoms with van der Waals surface area (Å²) in [4.78, 5) is 4.53. The molecule has 0 aliphatic carbocycles. The third-order valence-electron chi connectivity index (χ3n) is 2.94. The molecule has 0 saturated carbocycles. The van der Waals surface area contributed by atoms with Crippen LogP contribution >= 0.6 is 24.0 Å². The molecule has 0 bridgehead atoms. The Hall–Kier alpha value is -0.850. The number of halogens is 2. The smallest absolute Gasteiger partial charge is 0.191 e. The number of guanidine groups is 1. The number of aliphatic imine (C=N–C) groups is 1. The van der Waals surface area contributed by atoms with E-state index in [0.29, 0.717) is 5.92 Å². The van der Waals surface area contributed by atoms with Crippen LogP contribution in [0.3, 0.4) is 0 Å². The van der Waals surface area contributed by atoms with E-state index in [1.807, 2.05) is 12.1 Å². The van der Waals surface area contributed by atoms with Crippen LogP contribution in [0.25, 0.3) is 0 Å². The van der Waals surface area contributed by atoms with Crippen LogP contribution in [0.4, 0.5) is 4.39 Å². The molecule has 0 spiro atoms. The molecule has 0 heterocycles. The predicted octanol–water partition coefficient (Wildman–Crippen LogP) is 3.59. The Morgan fingerprint density at radius 2 is 1.86 bits per heavy atom. The molecule has 2 N–H and O–H groups in total. The maximum atomic E-state index is 12.8. The van der Waals surface area contributed by atoms with E-state index in [1.165, 1.54) is 12.1 Å². The van der Waals surface area contributed by atoms with E-state index in [1.54, 1.807) is 0 Å². The molecule has 0 fully saturated rings. The van der Waals surface area contributed by atoms with Gasteiger partial charge in [-0.15, -0.1) is 24.0 Å². The number of rotatable bonds is 7. The lowest BCUT2D eigenvalue weighted by atomic mass is 10.1. The lowest BCUT2D eigenvalue weighted by Gasteiger charge is -2.11. The second kappa shape index (κ2) is 11.8. The third kappa shape index (κ3) is 9.66. The quantitative estimate of drug-likeness (QED) is 0.412. The monoisotopic (exact) mass is 407 g/mol. The van der Waals surface area contributed by atoms with Crippen molar-refractivity contribution >= 4 is 29.9 Å². The standard InChI is InChI=1S/C16H26FN3.HI/c1-4-18-16(19-11-9-13(2)3)20-12-10-14-5-7-15(17)8-6-14;/h5-8,13H,4,9-12H2,1-3H3,(H2,18,19,20);1H. The molecule has 1 rings (SSSR count). The van der Waals surface area contributed by atoms with Gasteiger partial charge in [0, 0.05) is 19.6 Å². The van der Waals surface area contributed by atoms with Crippen LogP contribution in [0.5, 0.6) is 0 Å². The highest BCUT2D eigenvalue weighted by molar-refractivity contribution is 14.0. The Bertz CT molecular complexity index is 404. The van der Waals surface area contributed by atoms with Gasteiger partial charge in [-0.3, -0.25) is 4.99 Å². The van der Waals surface area contributed by atoms with E-state index < -0.39 is 0 Å². The van der Waals surface area contributed by atoms with Crippen molar-refractivity contribution in [2.45, 2.75) is 33.6 Å². The molecule has 0 aliphatic rings. The van der Waals surface area contributed by atoms with Gasteiger partial charge in [0.15, 0.2) is 5.96 Å². The van der Waals surface area contributed by atoms with Gasteiger partial charge in [0.05, 0.1) is 0 Å². The van der Waals surface area contributed by atoms with Crippen molar-refractivity contribution in [1.82, 2.24) is 10.6 Å². The lowest BCUT2D eigenvalue weighted by Crippen LogP contribution is -2.38. The molecule has 0 amide bonds. The number of hydrogen-bond donors (Lipinski definition) is 2. The lowest BCUT2D eigenvalue weighted by molar-refractivity contribution is 0.594. The van der Waals surface area contributed by atoms with Gasteiger partial charge in [0.25, 0.3) is 0 Å². The molecule has 0 atom stereocenters. The minimum absolute atomic E-state index is 0. The van der Waals surface area contributed by atoms with Crippen molar-refractivity contribution in [3.8, 4) is 0 Å². The van der Waals surface area contributed by atoms with Gasteiger partial charge in [-0.1, -0.05) is 26.0 Å². The maximum Gasteiger partial charge on any atom is 0.191 e. The Kier molecular flexibility index (Phi) is 11.3. The number of hydrogen-bond acceptors (Lipinski definition) is 1. The highest BCUT2D eigenvalue weighted by Gasteiger charge is 1.99. The molecular formula is C16H27FIN3. The van der Waals surface area contributed by atoms with Crippen LogP contribution in [0, 0.1) is 11.7 Å². The van der Waals surface area contributed by atoms with Crippen molar-refractivity contribution in [3.63, 3.8) is 0 Å². The molecule has 3 nitrogen and oxygen atoms in total. The summed E-state index contributed by atoms with van der Waals surface area (Å²) in [5.74, 6) is 1.33. The topological polar surface area (TPSA) is 36.4 Å². The zero-order valence-electron chi connectivity index (χ0n) is 13.2. The first-order chi connectivity index (χ1) is 9.61. The second-order valence-electron chi connectivity index (χ2n) is 5.25. The van der Waals surface area contributed by atoms with Crippen molar-refractivity contribution in [2.24, 2.45) is 10.9 Å². The summed E-state index contributed by atoms with van der Waals surface area (Å²) < 4.78 is 12.8. The third-order valence-corrected chi connectivity index (χ3v) is 2.94. The predicted molar refractivity (Wildman–Crippen MR) is 99.0 cm³/mol. The normalized spacial score (nSPS) is 11.2. The SMILES string of the molecule is CCNC(=NCCC(C)C)NCCc1ccc(F)cc1.I. The van der Waals surface area contributed by atoms with Gasteiger partial charge in [-0.05, 0) is 43.4 Å². The zero-order valence-corrected chi connectivity index (χ0v) is 15.5. The fourth-order valence-electron chi connectivity index (χ4n) is 1.75. The minimum atomic E-state index is -0.190. The van der Waals surface area contributed by atoms with Crippen LogP contribution in [-0.4, -0.2) is 25.6 Å². The minimum Gasteiger partial charge on any atom is -0.357 e. The van der Waals surface area contributed by atoms with Crippen molar-refractivity contribution in [2.75, 3.05) is 19.6 Å². The van der Waals surface area contributed by atoms with Crippen molar-refractivity contribution in [1.29, 1.82) is 0 Å². The van der Waals surface area contributed by atoms with Crippen molar-refractivity contribution < 1.29 is 4.39 Å². The Morgan fingerprint density at radius 3 is 2.43 bits per heavy atom. The highest BCUT2D eigenvalue weighted by atomic mass is 127. The van der Waals surface area contributed by atoms with Gasteiger partial charge in [-0.2, -0.15) is 0 Å². The van der Waals surface area contributed by atoms with Crippen LogP contribution in [0.15, 0.2) is 29.3 Å². The van der Waals surface area contributed by atoms with E-state index in [9.17, 15) is 4.39 Å². The summed E-state index contributed by atoms with van der Waals surface area (Å²) >= 11 is 0. The molecule has 0 radical (unpaired) electrons. The summed E-state index contributed by atoms with van der Waals surface area (Å²) in [5.41, 5.74) is 1.12. The average molecular weight is 407 g/mol. The Balaban J connectivity index is 0.00000400. The van der Waals surface area contributed by atoms with Crippen LogP contribution in [0.2, 0.25) is 0 Å². The molecule has 0 aliphatic heterocycles. The molecule has 0 unspecified atom stereocenters. The van der Waals surface area contributed by atoms with E-state index in [0.717, 1.165) is 44.0 Å². The molecule has 0 saturated heterocycles.